The van der Waals surface area contributed by atoms with Gasteiger partial charge in [0.1, 0.15) is 11.3 Å². The minimum atomic E-state index is 0.247. The van der Waals surface area contributed by atoms with Crippen LogP contribution in [0.5, 0.6) is 0 Å². The van der Waals surface area contributed by atoms with Crippen LogP contribution < -0.4 is 0 Å². The number of imidazole rings is 1. The van der Waals surface area contributed by atoms with Crippen LogP contribution in [-0.2, 0) is 4.74 Å². The van der Waals surface area contributed by atoms with Crippen LogP contribution in [0, 0.1) is 0 Å². The van der Waals surface area contributed by atoms with Crippen molar-refractivity contribution in [1.29, 1.82) is 0 Å². The van der Waals surface area contributed by atoms with E-state index in [1.807, 2.05) is 22.8 Å². The fourth-order valence-corrected chi connectivity index (χ4v) is 2.93. The SMILES string of the molecule is Clc1ccc(-n2c(C3CCCOC3)nc3cccnc32)o1. The Morgan fingerprint density at radius 3 is 3.00 bits per heavy atom. The van der Waals surface area contributed by atoms with E-state index in [2.05, 4.69) is 4.98 Å². The number of aromatic nitrogens is 3. The molecule has 1 unspecified atom stereocenters. The van der Waals surface area contributed by atoms with Gasteiger partial charge in [0.2, 0.25) is 5.88 Å². The van der Waals surface area contributed by atoms with Crippen molar-refractivity contribution in [2.75, 3.05) is 13.2 Å². The summed E-state index contributed by atoms with van der Waals surface area (Å²) in [6.45, 7) is 1.50. The van der Waals surface area contributed by atoms with Gasteiger partial charge in [-0.3, -0.25) is 0 Å². The molecule has 21 heavy (non-hydrogen) atoms. The highest BCUT2D eigenvalue weighted by Gasteiger charge is 2.25. The first-order chi connectivity index (χ1) is 10.3. The van der Waals surface area contributed by atoms with Crippen LogP contribution in [0.25, 0.3) is 17.0 Å². The maximum absolute atomic E-state index is 5.92. The molecule has 0 bridgehead atoms. The predicted molar refractivity (Wildman–Crippen MR) is 78.9 cm³/mol. The van der Waals surface area contributed by atoms with E-state index in [0.717, 1.165) is 36.4 Å². The molecule has 4 heterocycles. The molecule has 0 aromatic carbocycles. The minimum Gasteiger partial charge on any atom is -0.428 e. The van der Waals surface area contributed by atoms with Gasteiger partial charge in [-0.15, -0.1) is 0 Å². The molecular formula is C15H14ClN3O2. The summed E-state index contributed by atoms with van der Waals surface area (Å²) in [5, 5.41) is 0.355. The number of nitrogens with zero attached hydrogens (tertiary/aromatic N) is 3. The van der Waals surface area contributed by atoms with Gasteiger partial charge in [0.25, 0.3) is 0 Å². The molecule has 5 nitrogen and oxygen atoms in total. The predicted octanol–water partition coefficient (Wildman–Crippen LogP) is 3.56. The molecule has 1 atom stereocenters. The average Bonchev–Trinajstić information content (AvgIpc) is 3.11. The lowest BCUT2D eigenvalue weighted by Gasteiger charge is -2.21. The zero-order valence-corrected chi connectivity index (χ0v) is 12.1. The van der Waals surface area contributed by atoms with Crippen LogP contribution in [0.2, 0.25) is 5.22 Å². The van der Waals surface area contributed by atoms with Crippen molar-refractivity contribution in [3.8, 4) is 5.88 Å². The van der Waals surface area contributed by atoms with Crippen molar-refractivity contribution in [3.05, 3.63) is 41.5 Å². The Morgan fingerprint density at radius 1 is 1.29 bits per heavy atom. The Bertz CT molecular complexity index is 774. The molecule has 108 valence electrons. The summed E-state index contributed by atoms with van der Waals surface area (Å²) in [4.78, 5) is 9.18. The standard InChI is InChI=1S/C15H14ClN3O2/c16-12-5-6-13(21-12)19-14(10-3-2-8-20-9-10)18-11-4-1-7-17-15(11)19/h1,4-7,10H,2-3,8-9H2. The van der Waals surface area contributed by atoms with Crippen LogP contribution in [-0.4, -0.2) is 27.7 Å². The van der Waals surface area contributed by atoms with Gasteiger partial charge >= 0.3 is 0 Å². The topological polar surface area (TPSA) is 53.1 Å². The molecule has 4 rings (SSSR count). The second-order valence-electron chi connectivity index (χ2n) is 5.14. The molecule has 1 fully saturated rings. The van der Waals surface area contributed by atoms with E-state index in [4.69, 9.17) is 25.7 Å². The third kappa shape index (κ3) is 2.22. The Balaban J connectivity index is 1.92. The van der Waals surface area contributed by atoms with Crippen molar-refractivity contribution >= 4 is 22.8 Å². The number of fused-ring (bicyclic) bond motifs is 1. The van der Waals surface area contributed by atoms with Crippen LogP contribution in [0.3, 0.4) is 0 Å². The van der Waals surface area contributed by atoms with Gasteiger partial charge in [0.15, 0.2) is 10.9 Å². The molecule has 3 aromatic rings. The quantitative estimate of drug-likeness (QED) is 0.726. The number of halogens is 1. The van der Waals surface area contributed by atoms with E-state index < -0.39 is 0 Å². The number of hydrogen-bond acceptors (Lipinski definition) is 4. The number of furan rings is 1. The summed E-state index contributed by atoms with van der Waals surface area (Å²) in [6, 6.07) is 7.41. The summed E-state index contributed by atoms with van der Waals surface area (Å²) in [5.41, 5.74) is 1.63. The number of pyridine rings is 1. The van der Waals surface area contributed by atoms with Crippen LogP contribution in [0.15, 0.2) is 34.9 Å². The Hall–Kier alpha value is -1.85. The number of rotatable bonds is 2. The van der Waals surface area contributed by atoms with Gasteiger partial charge in [-0.1, -0.05) is 0 Å². The van der Waals surface area contributed by atoms with Crippen molar-refractivity contribution in [2.45, 2.75) is 18.8 Å². The van der Waals surface area contributed by atoms with Gasteiger partial charge in [-0.25, -0.2) is 14.5 Å². The van der Waals surface area contributed by atoms with Crippen LogP contribution in [0.4, 0.5) is 0 Å². The molecule has 6 heteroatoms. The maximum atomic E-state index is 5.92. The third-order valence-corrected chi connectivity index (χ3v) is 3.95. The lowest BCUT2D eigenvalue weighted by Crippen LogP contribution is -2.19. The molecule has 0 N–H and O–H groups in total. The van der Waals surface area contributed by atoms with Crippen molar-refractivity contribution < 1.29 is 9.15 Å². The average molecular weight is 304 g/mol. The van der Waals surface area contributed by atoms with Crippen molar-refractivity contribution in [2.24, 2.45) is 0 Å². The Labute approximate surface area is 126 Å². The first-order valence-corrected chi connectivity index (χ1v) is 7.37. The fourth-order valence-electron chi connectivity index (χ4n) is 2.79. The van der Waals surface area contributed by atoms with Gasteiger partial charge in [0.05, 0.1) is 6.61 Å². The normalized spacial score (nSPS) is 19.2. The number of ether oxygens (including phenoxy) is 1. The van der Waals surface area contributed by atoms with E-state index in [9.17, 15) is 0 Å². The van der Waals surface area contributed by atoms with Gasteiger partial charge < -0.3 is 9.15 Å². The zero-order valence-electron chi connectivity index (χ0n) is 11.3. The van der Waals surface area contributed by atoms with E-state index >= 15 is 0 Å². The van der Waals surface area contributed by atoms with E-state index in [-0.39, 0.29) is 5.92 Å². The van der Waals surface area contributed by atoms with Crippen molar-refractivity contribution in [3.63, 3.8) is 0 Å². The van der Waals surface area contributed by atoms with E-state index in [0.29, 0.717) is 17.7 Å². The van der Waals surface area contributed by atoms with Crippen LogP contribution >= 0.6 is 11.6 Å². The van der Waals surface area contributed by atoms with Gasteiger partial charge in [-0.05, 0) is 42.6 Å². The summed E-state index contributed by atoms with van der Waals surface area (Å²) in [6.07, 6.45) is 3.85. The molecule has 1 saturated heterocycles. The molecule has 1 aliphatic heterocycles. The largest absolute Gasteiger partial charge is 0.428 e. The highest BCUT2D eigenvalue weighted by molar-refractivity contribution is 6.28. The molecule has 0 aliphatic carbocycles. The fraction of sp³-hybridized carbons (Fsp3) is 0.333. The van der Waals surface area contributed by atoms with Crippen molar-refractivity contribution in [1.82, 2.24) is 14.5 Å². The molecule has 0 saturated carbocycles. The summed E-state index contributed by atoms with van der Waals surface area (Å²) >= 11 is 5.92. The summed E-state index contributed by atoms with van der Waals surface area (Å²) in [7, 11) is 0. The second kappa shape index (κ2) is 5.16. The highest BCUT2D eigenvalue weighted by atomic mass is 35.5. The number of hydrogen-bond donors (Lipinski definition) is 0. The summed E-state index contributed by atoms with van der Waals surface area (Å²) < 4.78 is 13.1. The maximum Gasteiger partial charge on any atom is 0.208 e. The lowest BCUT2D eigenvalue weighted by atomic mass is 10.0. The summed E-state index contributed by atoms with van der Waals surface area (Å²) in [5.74, 6) is 1.81. The second-order valence-corrected chi connectivity index (χ2v) is 5.52. The van der Waals surface area contributed by atoms with Gasteiger partial charge in [0, 0.05) is 24.8 Å². The van der Waals surface area contributed by atoms with Crippen LogP contribution in [0.1, 0.15) is 24.6 Å². The van der Waals surface area contributed by atoms with E-state index in [1.54, 1.807) is 12.3 Å². The Kier molecular flexibility index (Phi) is 3.16. The zero-order chi connectivity index (χ0) is 14.2. The first-order valence-electron chi connectivity index (χ1n) is 7.00. The molecule has 3 aromatic heterocycles. The molecule has 0 spiro atoms. The smallest absolute Gasteiger partial charge is 0.208 e. The molecule has 0 radical (unpaired) electrons. The molecule has 0 amide bonds. The van der Waals surface area contributed by atoms with Gasteiger partial charge in [-0.2, -0.15) is 0 Å². The lowest BCUT2D eigenvalue weighted by molar-refractivity contribution is 0.0776. The minimum absolute atomic E-state index is 0.247. The third-order valence-electron chi connectivity index (χ3n) is 3.75. The Morgan fingerprint density at radius 2 is 2.24 bits per heavy atom. The molecular weight excluding hydrogens is 290 g/mol. The molecule has 1 aliphatic rings. The monoisotopic (exact) mass is 303 g/mol. The van der Waals surface area contributed by atoms with E-state index in [1.165, 1.54) is 0 Å². The highest BCUT2D eigenvalue weighted by Crippen LogP contribution is 2.31. The first kappa shape index (κ1) is 12.9.